The second-order valence-corrected chi connectivity index (χ2v) is 5.41. The van der Waals surface area contributed by atoms with E-state index < -0.39 is 0 Å². The molecule has 108 valence electrons. The van der Waals surface area contributed by atoms with Crippen LogP contribution < -0.4 is 5.32 Å². The Labute approximate surface area is 119 Å². The summed E-state index contributed by atoms with van der Waals surface area (Å²) in [4.78, 5) is 0. The third-order valence-electron chi connectivity index (χ3n) is 3.67. The minimum Gasteiger partial charge on any atom is -0.508 e. The Morgan fingerprint density at radius 3 is 2.40 bits per heavy atom. The summed E-state index contributed by atoms with van der Waals surface area (Å²) in [6.07, 6.45) is 0. The van der Waals surface area contributed by atoms with Gasteiger partial charge in [-0.3, -0.25) is 0 Å². The lowest BCUT2D eigenvalue weighted by atomic mass is 10.0. The molecule has 20 heavy (non-hydrogen) atoms. The third-order valence-corrected chi connectivity index (χ3v) is 3.67. The van der Waals surface area contributed by atoms with Gasteiger partial charge in [-0.15, -0.1) is 0 Å². The van der Waals surface area contributed by atoms with Crippen molar-refractivity contribution in [3.63, 3.8) is 0 Å². The van der Waals surface area contributed by atoms with Crippen LogP contribution in [0.4, 0.5) is 0 Å². The number of phenols is 1. The Morgan fingerprint density at radius 2 is 1.85 bits per heavy atom. The number of phenolic OH excluding ortho intramolecular Hbond substituents is 1. The zero-order valence-corrected chi connectivity index (χ0v) is 12.7. The number of hydrogen-bond acceptors (Lipinski definition) is 4. The molecular formula is C16H22N2O2. The predicted octanol–water partition coefficient (Wildman–Crippen LogP) is 3.72. The number of hydrogen-bond donors (Lipinski definition) is 2. The topological polar surface area (TPSA) is 58.3 Å². The number of aromatic nitrogens is 1. The monoisotopic (exact) mass is 274 g/mol. The zero-order valence-electron chi connectivity index (χ0n) is 12.7. The molecule has 0 fully saturated rings. The number of aryl methyl sites for hydroxylation is 3. The fourth-order valence-corrected chi connectivity index (χ4v) is 2.68. The van der Waals surface area contributed by atoms with Crippen molar-refractivity contribution in [1.82, 2.24) is 10.5 Å². The first kappa shape index (κ1) is 14.6. The number of benzene rings is 1. The average molecular weight is 274 g/mol. The van der Waals surface area contributed by atoms with Gasteiger partial charge >= 0.3 is 0 Å². The number of rotatable bonds is 4. The lowest BCUT2D eigenvalue weighted by Crippen LogP contribution is -2.23. The molecule has 0 amide bonds. The summed E-state index contributed by atoms with van der Waals surface area (Å²) >= 11 is 0. The van der Waals surface area contributed by atoms with Gasteiger partial charge in [0.05, 0.1) is 5.69 Å². The van der Waals surface area contributed by atoms with E-state index in [1.807, 2.05) is 39.8 Å². The van der Waals surface area contributed by atoms with Gasteiger partial charge in [0.1, 0.15) is 11.5 Å². The molecule has 0 saturated carbocycles. The van der Waals surface area contributed by atoms with Gasteiger partial charge < -0.3 is 14.9 Å². The first-order valence-electron chi connectivity index (χ1n) is 6.88. The molecule has 2 aromatic rings. The van der Waals surface area contributed by atoms with Crippen molar-refractivity contribution in [2.75, 3.05) is 0 Å². The lowest BCUT2D eigenvalue weighted by molar-refractivity contribution is 0.389. The van der Waals surface area contributed by atoms with Crippen LogP contribution >= 0.6 is 0 Å². The normalized spacial score (nSPS) is 14.2. The fourth-order valence-electron chi connectivity index (χ4n) is 2.68. The Bertz CT molecular complexity index is 585. The van der Waals surface area contributed by atoms with Gasteiger partial charge in [0.25, 0.3) is 0 Å². The molecular weight excluding hydrogens is 252 g/mol. The second-order valence-electron chi connectivity index (χ2n) is 5.41. The maximum Gasteiger partial charge on any atom is 0.138 e. The van der Waals surface area contributed by atoms with Crippen LogP contribution in [-0.4, -0.2) is 10.3 Å². The minimum absolute atomic E-state index is 0.0410. The van der Waals surface area contributed by atoms with E-state index in [0.29, 0.717) is 5.75 Å². The molecule has 1 heterocycles. The maximum absolute atomic E-state index is 10.0. The van der Waals surface area contributed by atoms with Gasteiger partial charge in [-0.1, -0.05) is 17.3 Å². The molecule has 2 rings (SSSR count). The lowest BCUT2D eigenvalue weighted by Gasteiger charge is -2.21. The molecule has 0 aliphatic heterocycles. The van der Waals surface area contributed by atoms with Crippen molar-refractivity contribution in [1.29, 1.82) is 0 Å². The minimum atomic E-state index is 0.0410. The van der Waals surface area contributed by atoms with E-state index in [4.69, 9.17) is 4.52 Å². The van der Waals surface area contributed by atoms with Crippen molar-refractivity contribution in [3.8, 4) is 5.75 Å². The summed E-state index contributed by atoms with van der Waals surface area (Å²) in [6, 6.07) is 5.90. The van der Waals surface area contributed by atoms with E-state index in [2.05, 4.69) is 17.4 Å². The van der Waals surface area contributed by atoms with Gasteiger partial charge in [0.2, 0.25) is 0 Å². The van der Waals surface area contributed by atoms with Crippen LogP contribution in [0, 0.1) is 20.8 Å². The standard InChI is InChI=1S/C16H22N2O2/c1-9-6-7-14(15(19)8-9)10(2)17-11(3)16-12(4)18-20-13(16)5/h6-8,10-11,17,19H,1-5H3. The highest BCUT2D eigenvalue weighted by Crippen LogP contribution is 2.28. The highest BCUT2D eigenvalue weighted by molar-refractivity contribution is 5.38. The number of nitrogens with zero attached hydrogens (tertiary/aromatic N) is 1. The van der Waals surface area contributed by atoms with Crippen molar-refractivity contribution in [3.05, 3.63) is 46.3 Å². The average Bonchev–Trinajstić information content (AvgIpc) is 2.68. The molecule has 0 bridgehead atoms. The molecule has 1 aromatic heterocycles. The van der Waals surface area contributed by atoms with Crippen LogP contribution in [-0.2, 0) is 0 Å². The Hall–Kier alpha value is -1.81. The van der Waals surface area contributed by atoms with Crippen LogP contribution in [0.3, 0.4) is 0 Å². The van der Waals surface area contributed by atoms with Crippen LogP contribution in [0.2, 0.25) is 0 Å². The smallest absolute Gasteiger partial charge is 0.138 e. The Kier molecular flexibility index (Phi) is 4.14. The van der Waals surface area contributed by atoms with E-state index in [-0.39, 0.29) is 12.1 Å². The molecule has 1 aromatic carbocycles. The third kappa shape index (κ3) is 2.85. The zero-order chi connectivity index (χ0) is 14.9. The highest BCUT2D eigenvalue weighted by atomic mass is 16.5. The molecule has 2 N–H and O–H groups in total. The van der Waals surface area contributed by atoms with E-state index >= 15 is 0 Å². The Morgan fingerprint density at radius 1 is 1.15 bits per heavy atom. The van der Waals surface area contributed by atoms with Crippen LogP contribution in [0.25, 0.3) is 0 Å². The molecule has 4 nitrogen and oxygen atoms in total. The van der Waals surface area contributed by atoms with Crippen molar-refractivity contribution in [2.45, 2.75) is 46.7 Å². The predicted molar refractivity (Wildman–Crippen MR) is 78.8 cm³/mol. The Balaban J connectivity index is 2.17. The van der Waals surface area contributed by atoms with Gasteiger partial charge in [0, 0.05) is 23.2 Å². The van der Waals surface area contributed by atoms with Crippen molar-refractivity contribution >= 4 is 0 Å². The quantitative estimate of drug-likeness (QED) is 0.892. The van der Waals surface area contributed by atoms with Gasteiger partial charge in [0.15, 0.2) is 0 Å². The number of nitrogens with one attached hydrogen (secondary N) is 1. The summed E-state index contributed by atoms with van der Waals surface area (Å²) in [6.45, 7) is 9.95. The molecule has 0 aliphatic rings. The van der Waals surface area contributed by atoms with Gasteiger partial charge in [-0.2, -0.15) is 0 Å². The largest absolute Gasteiger partial charge is 0.508 e. The van der Waals surface area contributed by atoms with Crippen molar-refractivity contribution < 1.29 is 9.63 Å². The number of aromatic hydroxyl groups is 1. The first-order chi connectivity index (χ1) is 9.40. The van der Waals surface area contributed by atoms with Gasteiger partial charge in [-0.05, 0) is 46.2 Å². The van der Waals surface area contributed by atoms with E-state index in [1.54, 1.807) is 6.07 Å². The van der Waals surface area contributed by atoms with Crippen LogP contribution in [0.15, 0.2) is 22.7 Å². The molecule has 2 unspecified atom stereocenters. The molecule has 0 radical (unpaired) electrons. The SMILES string of the molecule is Cc1ccc(C(C)NC(C)c2c(C)noc2C)c(O)c1. The molecule has 4 heteroatoms. The summed E-state index contributed by atoms with van der Waals surface area (Å²) in [5.74, 6) is 1.17. The first-order valence-corrected chi connectivity index (χ1v) is 6.88. The maximum atomic E-state index is 10.0. The summed E-state index contributed by atoms with van der Waals surface area (Å²) < 4.78 is 5.20. The van der Waals surface area contributed by atoms with Gasteiger partial charge in [-0.25, -0.2) is 0 Å². The summed E-state index contributed by atoms with van der Waals surface area (Å²) in [7, 11) is 0. The molecule has 0 saturated heterocycles. The molecule has 0 aliphatic carbocycles. The molecule has 0 spiro atoms. The van der Waals surface area contributed by atoms with E-state index in [1.165, 1.54) is 0 Å². The van der Waals surface area contributed by atoms with E-state index in [9.17, 15) is 5.11 Å². The second kappa shape index (κ2) is 5.67. The summed E-state index contributed by atoms with van der Waals surface area (Å²) in [5.41, 5.74) is 3.94. The van der Waals surface area contributed by atoms with Crippen LogP contribution in [0.1, 0.15) is 54.1 Å². The van der Waals surface area contributed by atoms with Crippen molar-refractivity contribution in [2.24, 2.45) is 0 Å². The fraction of sp³-hybridized carbons (Fsp3) is 0.438. The van der Waals surface area contributed by atoms with E-state index in [0.717, 1.165) is 28.1 Å². The summed E-state index contributed by atoms with van der Waals surface area (Å²) in [5, 5.41) is 17.5. The van der Waals surface area contributed by atoms with Crippen LogP contribution in [0.5, 0.6) is 5.75 Å². The molecule has 2 atom stereocenters. The highest BCUT2D eigenvalue weighted by Gasteiger charge is 2.19.